The highest BCUT2D eigenvalue weighted by Crippen LogP contribution is 2.17. The molecule has 0 bridgehead atoms. The molecule has 7 heteroatoms. The maximum atomic E-state index is 11.8. The number of nitrogens with one attached hydrogen (secondary N) is 2. The molecule has 1 aromatic heterocycles. The van der Waals surface area contributed by atoms with Crippen molar-refractivity contribution in [3.63, 3.8) is 0 Å². The van der Waals surface area contributed by atoms with Crippen LogP contribution >= 0.6 is 11.6 Å². The molecule has 2 rings (SSSR count). The van der Waals surface area contributed by atoms with Crippen LogP contribution in [0.4, 0.5) is 5.95 Å². The largest absolute Gasteiger partial charge is 0.463 e. The minimum atomic E-state index is -0.147. The number of rotatable bonds is 6. The van der Waals surface area contributed by atoms with E-state index in [4.69, 9.17) is 16.3 Å². The first-order valence-electron chi connectivity index (χ1n) is 6.68. The van der Waals surface area contributed by atoms with Crippen molar-refractivity contribution in [3.8, 4) is 6.01 Å². The van der Waals surface area contributed by atoms with Crippen LogP contribution in [0.5, 0.6) is 6.01 Å². The molecule has 1 heterocycles. The molecule has 0 saturated carbocycles. The van der Waals surface area contributed by atoms with Crippen molar-refractivity contribution in [2.75, 3.05) is 11.9 Å². The number of amides is 1. The summed E-state index contributed by atoms with van der Waals surface area (Å²) in [6.45, 7) is 4.25. The summed E-state index contributed by atoms with van der Waals surface area (Å²) in [6.07, 6.45) is 0.947. The van der Waals surface area contributed by atoms with Crippen LogP contribution in [-0.4, -0.2) is 27.7 Å². The summed E-state index contributed by atoms with van der Waals surface area (Å²) in [6, 6.07) is 6.01. The fourth-order valence-electron chi connectivity index (χ4n) is 1.74. The first kappa shape index (κ1) is 15.3. The van der Waals surface area contributed by atoms with Crippen molar-refractivity contribution < 1.29 is 9.53 Å². The number of carbonyl (C=O) groups is 1. The summed E-state index contributed by atoms with van der Waals surface area (Å²) in [5, 5.41) is 9.75. The van der Waals surface area contributed by atoms with Gasteiger partial charge in [0, 0.05) is 11.4 Å². The minimum absolute atomic E-state index is 0.147. The Hall–Kier alpha value is -2.08. The molecule has 0 atom stereocenters. The van der Waals surface area contributed by atoms with Crippen molar-refractivity contribution in [1.29, 1.82) is 0 Å². The number of aryl methyl sites for hydroxylation is 2. The van der Waals surface area contributed by atoms with Gasteiger partial charge in [-0.25, -0.2) is 5.10 Å². The summed E-state index contributed by atoms with van der Waals surface area (Å²) in [4.78, 5) is 15.8. The van der Waals surface area contributed by atoms with Crippen LogP contribution in [-0.2, 0) is 11.2 Å². The molecule has 1 aromatic carbocycles. The lowest BCUT2D eigenvalue weighted by Crippen LogP contribution is -2.13. The lowest BCUT2D eigenvalue weighted by molar-refractivity contribution is -0.116. The Balaban J connectivity index is 1.85. The Bertz CT molecular complexity index is 627. The van der Waals surface area contributed by atoms with Gasteiger partial charge in [0.15, 0.2) is 0 Å². The normalized spacial score (nSPS) is 10.4. The van der Waals surface area contributed by atoms with E-state index < -0.39 is 0 Å². The molecule has 0 aliphatic heterocycles. The molecule has 0 fully saturated rings. The van der Waals surface area contributed by atoms with Gasteiger partial charge in [0.1, 0.15) is 0 Å². The fraction of sp³-hybridized carbons (Fsp3) is 0.357. The average Bonchev–Trinajstić information content (AvgIpc) is 2.88. The van der Waals surface area contributed by atoms with Gasteiger partial charge < -0.3 is 4.74 Å². The summed E-state index contributed by atoms with van der Waals surface area (Å²) in [5.41, 5.74) is 2.04. The maximum Gasteiger partial charge on any atom is 0.337 e. The van der Waals surface area contributed by atoms with Crippen LogP contribution in [0.2, 0.25) is 5.02 Å². The van der Waals surface area contributed by atoms with Crippen LogP contribution < -0.4 is 10.1 Å². The smallest absolute Gasteiger partial charge is 0.337 e. The van der Waals surface area contributed by atoms with Crippen molar-refractivity contribution >= 4 is 23.5 Å². The van der Waals surface area contributed by atoms with Crippen molar-refractivity contribution in [1.82, 2.24) is 15.2 Å². The van der Waals surface area contributed by atoms with E-state index >= 15 is 0 Å². The summed E-state index contributed by atoms with van der Waals surface area (Å²) in [7, 11) is 0. The lowest BCUT2D eigenvalue weighted by atomic mass is 10.1. The number of H-pyrrole nitrogens is 1. The Morgan fingerprint density at radius 3 is 3.00 bits per heavy atom. The molecule has 6 nitrogen and oxygen atoms in total. The Labute approximate surface area is 127 Å². The van der Waals surface area contributed by atoms with E-state index in [-0.39, 0.29) is 17.9 Å². The molecule has 0 spiro atoms. The number of hydrogen-bond donors (Lipinski definition) is 2. The molecule has 0 saturated heterocycles. The van der Waals surface area contributed by atoms with Gasteiger partial charge in [0.25, 0.3) is 0 Å². The fourth-order valence-corrected chi connectivity index (χ4v) is 1.94. The SMILES string of the molecule is CCOc1n[nH]c(NC(=O)CCc2ccc(C)c(Cl)c2)n1. The van der Waals surface area contributed by atoms with E-state index in [2.05, 4.69) is 20.5 Å². The molecule has 0 radical (unpaired) electrons. The number of hydrogen-bond acceptors (Lipinski definition) is 4. The van der Waals surface area contributed by atoms with E-state index in [1.807, 2.05) is 32.0 Å². The van der Waals surface area contributed by atoms with Crippen molar-refractivity contribution in [3.05, 3.63) is 34.3 Å². The van der Waals surface area contributed by atoms with Crippen LogP contribution in [0.15, 0.2) is 18.2 Å². The zero-order valence-corrected chi connectivity index (χ0v) is 12.7. The van der Waals surface area contributed by atoms with Gasteiger partial charge in [0.05, 0.1) is 6.61 Å². The van der Waals surface area contributed by atoms with Gasteiger partial charge in [-0.3, -0.25) is 10.1 Å². The van der Waals surface area contributed by atoms with E-state index in [9.17, 15) is 4.79 Å². The second-order valence-corrected chi connectivity index (χ2v) is 4.94. The van der Waals surface area contributed by atoms with Crippen molar-refractivity contribution in [2.45, 2.75) is 26.7 Å². The number of nitrogens with zero attached hydrogens (tertiary/aromatic N) is 2. The Kier molecular flexibility index (Phi) is 5.16. The van der Waals surface area contributed by atoms with Gasteiger partial charge in [-0.05, 0) is 37.5 Å². The number of ether oxygens (including phenoxy) is 1. The van der Waals surface area contributed by atoms with E-state index in [0.29, 0.717) is 24.5 Å². The van der Waals surface area contributed by atoms with E-state index in [1.165, 1.54) is 0 Å². The quantitative estimate of drug-likeness (QED) is 0.860. The molecule has 2 aromatic rings. The summed E-state index contributed by atoms with van der Waals surface area (Å²) < 4.78 is 5.10. The molecule has 21 heavy (non-hydrogen) atoms. The minimum Gasteiger partial charge on any atom is -0.463 e. The molecule has 0 unspecified atom stereocenters. The van der Waals surface area contributed by atoms with Gasteiger partial charge in [0.2, 0.25) is 11.9 Å². The number of aromatic nitrogens is 3. The average molecular weight is 309 g/mol. The van der Waals surface area contributed by atoms with Crippen LogP contribution in [0.3, 0.4) is 0 Å². The molecule has 112 valence electrons. The monoisotopic (exact) mass is 308 g/mol. The number of anilines is 1. The first-order valence-corrected chi connectivity index (χ1v) is 7.06. The van der Waals surface area contributed by atoms with Gasteiger partial charge in [-0.2, -0.15) is 4.98 Å². The maximum absolute atomic E-state index is 11.8. The highest BCUT2D eigenvalue weighted by atomic mass is 35.5. The van der Waals surface area contributed by atoms with Gasteiger partial charge in [-0.15, -0.1) is 5.10 Å². The molecule has 1 amide bonds. The summed E-state index contributed by atoms with van der Waals surface area (Å²) in [5.74, 6) is 0.135. The topological polar surface area (TPSA) is 79.9 Å². The first-order chi connectivity index (χ1) is 10.1. The predicted molar refractivity (Wildman–Crippen MR) is 80.7 cm³/mol. The third kappa shape index (κ3) is 4.46. The summed E-state index contributed by atoms with van der Waals surface area (Å²) >= 11 is 6.05. The van der Waals surface area contributed by atoms with Crippen LogP contribution in [0.1, 0.15) is 24.5 Å². The number of halogens is 1. The zero-order chi connectivity index (χ0) is 15.2. The standard InChI is InChI=1S/C14H17ClN4O2/c1-3-21-14-17-13(18-19-14)16-12(20)7-6-10-5-4-9(2)11(15)8-10/h4-5,8H,3,6-7H2,1-2H3,(H2,16,17,18,19,20). The molecular weight excluding hydrogens is 292 g/mol. The van der Waals surface area contributed by atoms with Gasteiger partial charge in [-0.1, -0.05) is 23.7 Å². The zero-order valence-electron chi connectivity index (χ0n) is 11.9. The third-order valence-electron chi connectivity index (χ3n) is 2.87. The number of aromatic amines is 1. The van der Waals surface area contributed by atoms with E-state index in [1.54, 1.807) is 0 Å². The number of benzene rings is 1. The third-order valence-corrected chi connectivity index (χ3v) is 3.28. The Morgan fingerprint density at radius 2 is 2.29 bits per heavy atom. The molecular formula is C14H17ClN4O2. The second kappa shape index (κ2) is 7.08. The van der Waals surface area contributed by atoms with E-state index in [0.717, 1.165) is 11.1 Å². The predicted octanol–water partition coefficient (Wildman–Crippen LogP) is 2.74. The molecule has 0 aliphatic carbocycles. The lowest BCUT2D eigenvalue weighted by Gasteiger charge is -2.04. The number of carbonyl (C=O) groups excluding carboxylic acids is 1. The van der Waals surface area contributed by atoms with Crippen LogP contribution in [0, 0.1) is 6.92 Å². The van der Waals surface area contributed by atoms with Crippen LogP contribution in [0.25, 0.3) is 0 Å². The van der Waals surface area contributed by atoms with Gasteiger partial charge >= 0.3 is 6.01 Å². The molecule has 2 N–H and O–H groups in total. The highest BCUT2D eigenvalue weighted by Gasteiger charge is 2.08. The second-order valence-electron chi connectivity index (χ2n) is 4.53. The highest BCUT2D eigenvalue weighted by molar-refractivity contribution is 6.31. The molecule has 0 aliphatic rings. The Morgan fingerprint density at radius 1 is 1.48 bits per heavy atom. The van der Waals surface area contributed by atoms with Crippen molar-refractivity contribution in [2.24, 2.45) is 0 Å².